The summed E-state index contributed by atoms with van der Waals surface area (Å²) in [4.78, 5) is 26.7. The average Bonchev–Trinajstić information content (AvgIpc) is 2.87. The van der Waals surface area contributed by atoms with E-state index >= 15 is 0 Å². The van der Waals surface area contributed by atoms with Crippen molar-refractivity contribution in [1.29, 1.82) is 0 Å². The molecule has 3 rings (SSSR count). The minimum Gasteiger partial charge on any atom is -0.478 e. The van der Waals surface area contributed by atoms with Gasteiger partial charge in [0, 0.05) is 12.1 Å². The fraction of sp³-hybridized carbons (Fsp3) is 0.400. The maximum atomic E-state index is 11.3. The van der Waals surface area contributed by atoms with Crippen LogP contribution >= 0.6 is 0 Å². The predicted octanol–water partition coefficient (Wildman–Crippen LogP) is 2.78. The molecule has 0 spiro atoms. The molecule has 0 atom stereocenters. The van der Waals surface area contributed by atoms with E-state index in [1.807, 2.05) is 0 Å². The van der Waals surface area contributed by atoms with Crippen LogP contribution in [0.3, 0.4) is 0 Å². The molecular weight excluding hydrogens is 272 g/mol. The molecule has 0 saturated heterocycles. The third-order valence-electron chi connectivity index (χ3n) is 4.08. The molecule has 1 aliphatic carbocycles. The number of imidazole rings is 1. The minimum absolute atomic E-state index is 0.00693. The van der Waals surface area contributed by atoms with E-state index in [-0.39, 0.29) is 17.2 Å². The summed E-state index contributed by atoms with van der Waals surface area (Å²) < 4.78 is 1.64. The van der Waals surface area contributed by atoms with E-state index in [0.717, 1.165) is 25.7 Å². The number of hydrogen-bond donors (Lipinski definition) is 2. The van der Waals surface area contributed by atoms with E-state index in [1.165, 1.54) is 24.8 Å². The first-order valence-electron chi connectivity index (χ1n) is 7.06. The summed E-state index contributed by atoms with van der Waals surface area (Å²) in [6, 6.07) is 2.93. The number of hydrogen-bond acceptors (Lipinski definition) is 3. The lowest BCUT2D eigenvalue weighted by atomic mass is 9.89. The van der Waals surface area contributed by atoms with Crippen molar-refractivity contribution in [1.82, 2.24) is 9.38 Å². The van der Waals surface area contributed by atoms with Gasteiger partial charge in [-0.3, -0.25) is 0 Å². The Hall–Kier alpha value is -2.37. The summed E-state index contributed by atoms with van der Waals surface area (Å²) in [5.74, 6) is -1.25. The van der Waals surface area contributed by atoms with E-state index < -0.39 is 11.9 Å². The van der Waals surface area contributed by atoms with Crippen molar-refractivity contribution in [3.63, 3.8) is 0 Å². The second kappa shape index (κ2) is 5.20. The van der Waals surface area contributed by atoms with Crippen molar-refractivity contribution >= 4 is 17.5 Å². The Morgan fingerprint density at radius 3 is 2.43 bits per heavy atom. The van der Waals surface area contributed by atoms with Gasteiger partial charge in [0.05, 0.1) is 11.1 Å². The third-order valence-corrected chi connectivity index (χ3v) is 4.08. The van der Waals surface area contributed by atoms with Gasteiger partial charge in [0.25, 0.3) is 0 Å². The summed E-state index contributed by atoms with van der Waals surface area (Å²) in [6.45, 7) is 0. The summed E-state index contributed by atoms with van der Waals surface area (Å²) in [7, 11) is 0. The number of fused-ring (bicyclic) bond motifs is 1. The van der Waals surface area contributed by atoms with Crippen molar-refractivity contribution < 1.29 is 19.8 Å². The van der Waals surface area contributed by atoms with Crippen LogP contribution in [0, 0.1) is 0 Å². The molecule has 2 aromatic heterocycles. The fourth-order valence-electron chi connectivity index (χ4n) is 3.04. The Balaban J connectivity index is 2.18. The smallest absolute Gasteiger partial charge is 0.356 e. The Morgan fingerprint density at radius 2 is 1.81 bits per heavy atom. The van der Waals surface area contributed by atoms with E-state index in [4.69, 9.17) is 5.11 Å². The van der Waals surface area contributed by atoms with Gasteiger partial charge in [-0.15, -0.1) is 0 Å². The van der Waals surface area contributed by atoms with E-state index in [9.17, 15) is 14.7 Å². The first kappa shape index (κ1) is 13.6. The number of aromatic nitrogens is 2. The van der Waals surface area contributed by atoms with Gasteiger partial charge in [-0.1, -0.05) is 19.3 Å². The number of carboxylic acids is 2. The van der Waals surface area contributed by atoms with Crippen LogP contribution in [0.4, 0.5) is 0 Å². The molecule has 21 heavy (non-hydrogen) atoms. The molecule has 2 aromatic rings. The molecule has 0 unspecified atom stereocenters. The Kier molecular flexibility index (Phi) is 3.37. The summed E-state index contributed by atoms with van der Waals surface area (Å²) in [6.07, 6.45) is 6.79. The second-order valence-electron chi connectivity index (χ2n) is 5.44. The minimum atomic E-state index is -1.09. The standard InChI is InChI=1S/C15H16N2O4/c18-14(19)10-6-7-11-12(15(20)21)16-13(17(11)8-10)9-4-2-1-3-5-9/h6-9H,1-5H2,(H,18,19)(H,20,21). The highest BCUT2D eigenvalue weighted by Gasteiger charge is 2.24. The lowest BCUT2D eigenvalue weighted by Gasteiger charge is -2.20. The number of carbonyl (C=O) groups is 2. The molecule has 0 amide bonds. The molecule has 0 aliphatic heterocycles. The van der Waals surface area contributed by atoms with Gasteiger partial charge < -0.3 is 14.6 Å². The molecule has 0 radical (unpaired) electrons. The largest absolute Gasteiger partial charge is 0.478 e. The zero-order chi connectivity index (χ0) is 15.0. The van der Waals surface area contributed by atoms with Crippen LogP contribution in [0.15, 0.2) is 18.3 Å². The van der Waals surface area contributed by atoms with Crippen LogP contribution in [0.25, 0.3) is 5.52 Å². The Labute approximate surface area is 121 Å². The fourth-order valence-corrected chi connectivity index (χ4v) is 3.04. The topological polar surface area (TPSA) is 91.9 Å². The number of aromatic carboxylic acids is 2. The van der Waals surface area contributed by atoms with Crippen LogP contribution in [0.2, 0.25) is 0 Å². The van der Waals surface area contributed by atoms with Crippen molar-refractivity contribution in [2.45, 2.75) is 38.0 Å². The van der Waals surface area contributed by atoms with E-state index in [0.29, 0.717) is 11.3 Å². The molecule has 6 nitrogen and oxygen atoms in total. The molecule has 1 fully saturated rings. The van der Waals surface area contributed by atoms with E-state index in [1.54, 1.807) is 4.40 Å². The van der Waals surface area contributed by atoms with Crippen molar-refractivity contribution in [2.75, 3.05) is 0 Å². The van der Waals surface area contributed by atoms with Crippen LogP contribution in [-0.2, 0) is 0 Å². The van der Waals surface area contributed by atoms with Gasteiger partial charge in [-0.05, 0) is 25.0 Å². The lowest BCUT2D eigenvalue weighted by molar-refractivity contribution is 0.0684. The maximum absolute atomic E-state index is 11.3. The van der Waals surface area contributed by atoms with Crippen LogP contribution in [-0.4, -0.2) is 31.5 Å². The highest BCUT2D eigenvalue weighted by atomic mass is 16.4. The quantitative estimate of drug-likeness (QED) is 0.906. The molecule has 6 heteroatoms. The van der Waals surface area contributed by atoms with Crippen molar-refractivity contribution in [3.8, 4) is 0 Å². The Bertz CT molecular complexity index is 714. The van der Waals surface area contributed by atoms with Crippen LogP contribution in [0.5, 0.6) is 0 Å². The number of nitrogens with zero attached hydrogens (tertiary/aromatic N) is 2. The highest BCUT2D eigenvalue weighted by Crippen LogP contribution is 2.33. The second-order valence-corrected chi connectivity index (χ2v) is 5.44. The molecule has 110 valence electrons. The monoisotopic (exact) mass is 288 g/mol. The SMILES string of the molecule is O=C(O)c1ccc2c(C(=O)O)nc(C3CCCCC3)n2c1. The summed E-state index contributed by atoms with van der Waals surface area (Å²) in [5, 5.41) is 18.4. The van der Waals surface area contributed by atoms with Gasteiger partial charge in [0.15, 0.2) is 5.69 Å². The van der Waals surface area contributed by atoms with Gasteiger partial charge in [0.2, 0.25) is 0 Å². The third kappa shape index (κ3) is 2.37. The van der Waals surface area contributed by atoms with E-state index in [2.05, 4.69) is 4.98 Å². The Morgan fingerprint density at radius 1 is 1.10 bits per heavy atom. The van der Waals surface area contributed by atoms with Gasteiger partial charge in [-0.25, -0.2) is 14.6 Å². The molecule has 0 aromatic carbocycles. The summed E-state index contributed by atoms with van der Waals surface area (Å²) >= 11 is 0. The van der Waals surface area contributed by atoms with Crippen LogP contribution < -0.4 is 0 Å². The molecule has 1 saturated carbocycles. The number of rotatable bonds is 3. The lowest BCUT2D eigenvalue weighted by Crippen LogP contribution is -2.09. The van der Waals surface area contributed by atoms with Crippen molar-refractivity contribution in [2.24, 2.45) is 0 Å². The first-order valence-corrected chi connectivity index (χ1v) is 7.06. The summed E-state index contributed by atoms with van der Waals surface area (Å²) in [5.41, 5.74) is 0.578. The number of pyridine rings is 1. The molecule has 2 heterocycles. The number of carboxylic acid groups (broad SMARTS) is 2. The highest BCUT2D eigenvalue weighted by molar-refractivity contribution is 5.95. The zero-order valence-electron chi connectivity index (χ0n) is 11.5. The van der Waals surface area contributed by atoms with Gasteiger partial charge >= 0.3 is 11.9 Å². The normalized spacial score (nSPS) is 16.2. The predicted molar refractivity (Wildman–Crippen MR) is 74.9 cm³/mol. The van der Waals surface area contributed by atoms with Crippen LogP contribution in [0.1, 0.15) is 64.7 Å². The zero-order valence-corrected chi connectivity index (χ0v) is 11.5. The molecule has 1 aliphatic rings. The maximum Gasteiger partial charge on any atom is 0.356 e. The van der Waals surface area contributed by atoms with Gasteiger partial charge in [0.1, 0.15) is 5.82 Å². The average molecular weight is 288 g/mol. The van der Waals surface area contributed by atoms with Gasteiger partial charge in [-0.2, -0.15) is 0 Å². The molecule has 2 N–H and O–H groups in total. The van der Waals surface area contributed by atoms with Crippen molar-refractivity contribution in [3.05, 3.63) is 35.4 Å². The molecule has 0 bridgehead atoms. The molecular formula is C15H16N2O4. The first-order chi connectivity index (χ1) is 10.1.